The Morgan fingerprint density at radius 1 is 0.907 bits per heavy atom. The number of aryl methyl sites for hydroxylation is 1. The van der Waals surface area contributed by atoms with Crippen molar-refractivity contribution in [1.29, 1.82) is 0 Å². The number of amides is 1. The molecule has 2 aliphatic heterocycles. The largest absolute Gasteiger partial charge is 0.351 e. The Balaban J connectivity index is 1.29. The highest BCUT2D eigenvalue weighted by Crippen LogP contribution is 2.30. The van der Waals surface area contributed by atoms with Crippen molar-refractivity contribution in [3.63, 3.8) is 0 Å². The Labute approximate surface area is 251 Å². The van der Waals surface area contributed by atoms with Gasteiger partial charge in [0.1, 0.15) is 5.65 Å². The second-order valence-corrected chi connectivity index (χ2v) is 13.5. The second kappa shape index (κ2) is 11.9. The number of likely N-dealkylation sites (tertiary alicyclic amines) is 1. The molecule has 0 atom stereocenters. The third kappa shape index (κ3) is 6.05. The van der Waals surface area contributed by atoms with Gasteiger partial charge >= 0.3 is 0 Å². The van der Waals surface area contributed by atoms with Crippen LogP contribution in [0.4, 0.5) is 5.95 Å². The van der Waals surface area contributed by atoms with Crippen LogP contribution in [-0.2, 0) is 10.0 Å². The van der Waals surface area contributed by atoms with Crippen LogP contribution < -0.4 is 10.9 Å². The van der Waals surface area contributed by atoms with Gasteiger partial charge in [0.15, 0.2) is 0 Å². The van der Waals surface area contributed by atoms with Gasteiger partial charge < -0.3 is 10.2 Å². The molecule has 1 N–H and O–H groups in total. The molecule has 2 saturated heterocycles. The van der Waals surface area contributed by atoms with Crippen molar-refractivity contribution in [2.24, 2.45) is 0 Å². The zero-order chi connectivity index (χ0) is 30.1. The number of piperidine rings is 2. The van der Waals surface area contributed by atoms with Crippen molar-refractivity contribution in [2.75, 3.05) is 37.8 Å². The first-order valence-corrected chi connectivity index (χ1v) is 16.6. The van der Waals surface area contributed by atoms with Crippen molar-refractivity contribution in [2.45, 2.75) is 44.7 Å². The number of rotatable bonds is 6. The van der Waals surface area contributed by atoms with Gasteiger partial charge in [0.25, 0.3) is 11.5 Å². The van der Waals surface area contributed by atoms with Gasteiger partial charge in [-0.05, 0) is 61.9 Å². The van der Waals surface area contributed by atoms with E-state index in [0.29, 0.717) is 61.7 Å². The molecule has 4 aromatic rings. The van der Waals surface area contributed by atoms with Crippen LogP contribution in [0.2, 0.25) is 0 Å². The van der Waals surface area contributed by atoms with Gasteiger partial charge in [0, 0.05) is 61.0 Å². The summed E-state index contributed by atoms with van der Waals surface area (Å²) in [5, 5.41) is 4.19. The van der Waals surface area contributed by atoms with Crippen molar-refractivity contribution in [3.8, 4) is 11.1 Å². The summed E-state index contributed by atoms with van der Waals surface area (Å²) in [6.07, 6.45) is 5.51. The van der Waals surface area contributed by atoms with E-state index < -0.39 is 10.0 Å². The summed E-state index contributed by atoms with van der Waals surface area (Å²) in [4.78, 5) is 38.4. The molecule has 6 rings (SSSR count). The molecule has 2 aliphatic rings. The number of aromatic nitrogens is 3. The van der Waals surface area contributed by atoms with Crippen molar-refractivity contribution in [1.82, 2.24) is 23.7 Å². The first kappa shape index (κ1) is 29.0. The SMILES string of the molecule is Cc1ccccc1-c1cc2cnc(NC3CCN(C(=O)c4ccccc4)CC3)nc2n(C2CCN(S(C)(=O)=O)CC2)c1=O. The van der Waals surface area contributed by atoms with E-state index in [1.54, 1.807) is 10.8 Å². The smallest absolute Gasteiger partial charge is 0.260 e. The summed E-state index contributed by atoms with van der Waals surface area (Å²) in [6.45, 7) is 3.94. The minimum Gasteiger partial charge on any atom is -0.351 e. The Morgan fingerprint density at radius 3 is 2.26 bits per heavy atom. The molecule has 0 aliphatic carbocycles. The van der Waals surface area contributed by atoms with Gasteiger partial charge in [-0.25, -0.2) is 17.7 Å². The van der Waals surface area contributed by atoms with Gasteiger partial charge in [-0.1, -0.05) is 42.5 Å². The lowest BCUT2D eigenvalue weighted by molar-refractivity contribution is 0.0718. The predicted octanol–water partition coefficient (Wildman–Crippen LogP) is 4.08. The van der Waals surface area contributed by atoms with Gasteiger partial charge in [-0.3, -0.25) is 14.2 Å². The number of carbonyl (C=O) groups is 1. The molecule has 0 spiro atoms. The molecular formula is C32H36N6O4S. The molecule has 2 fully saturated rings. The van der Waals surface area contributed by atoms with Crippen LogP contribution in [0.5, 0.6) is 0 Å². The monoisotopic (exact) mass is 600 g/mol. The molecule has 0 unspecified atom stereocenters. The predicted molar refractivity (Wildman–Crippen MR) is 168 cm³/mol. The zero-order valence-electron chi connectivity index (χ0n) is 24.4. The number of nitrogens with zero attached hydrogens (tertiary/aromatic N) is 5. The summed E-state index contributed by atoms with van der Waals surface area (Å²) in [5.74, 6) is 0.474. The molecular weight excluding hydrogens is 564 g/mol. The number of fused-ring (bicyclic) bond motifs is 1. The van der Waals surface area contributed by atoms with Crippen LogP contribution in [0.25, 0.3) is 22.2 Å². The highest BCUT2D eigenvalue weighted by Gasteiger charge is 2.29. The number of hydrogen-bond donors (Lipinski definition) is 1. The molecule has 2 aromatic heterocycles. The minimum absolute atomic E-state index is 0.0383. The van der Waals surface area contributed by atoms with Gasteiger partial charge in [-0.2, -0.15) is 4.98 Å². The lowest BCUT2D eigenvalue weighted by Crippen LogP contribution is -2.42. The fourth-order valence-corrected chi connectivity index (χ4v) is 7.08. The Hall–Kier alpha value is -4.09. The van der Waals surface area contributed by atoms with Crippen LogP contribution in [0, 0.1) is 6.92 Å². The summed E-state index contributed by atoms with van der Waals surface area (Å²) >= 11 is 0. The molecule has 2 aromatic carbocycles. The average molecular weight is 601 g/mol. The summed E-state index contributed by atoms with van der Waals surface area (Å²) in [6, 6.07) is 18.9. The third-order valence-electron chi connectivity index (χ3n) is 8.60. The summed E-state index contributed by atoms with van der Waals surface area (Å²) < 4.78 is 27.5. The highest BCUT2D eigenvalue weighted by atomic mass is 32.2. The van der Waals surface area contributed by atoms with E-state index in [4.69, 9.17) is 4.98 Å². The molecule has 0 saturated carbocycles. The summed E-state index contributed by atoms with van der Waals surface area (Å²) in [7, 11) is -3.30. The number of carbonyl (C=O) groups excluding carboxylic acids is 1. The van der Waals surface area contributed by atoms with Gasteiger partial charge in [0.05, 0.1) is 6.26 Å². The van der Waals surface area contributed by atoms with Crippen molar-refractivity contribution >= 4 is 32.9 Å². The number of anilines is 1. The minimum atomic E-state index is -3.30. The molecule has 11 heteroatoms. The van der Waals surface area contributed by atoms with E-state index in [2.05, 4.69) is 10.3 Å². The maximum atomic E-state index is 14.1. The lowest BCUT2D eigenvalue weighted by Gasteiger charge is -2.33. The summed E-state index contributed by atoms with van der Waals surface area (Å²) in [5.41, 5.74) is 3.52. The third-order valence-corrected chi connectivity index (χ3v) is 9.91. The van der Waals surface area contributed by atoms with Gasteiger partial charge in [0.2, 0.25) is 16.0 Å². The molecule has 0 bridgehead atoms. The van der Waals surface area contributed by atoms with Crippen molar-refractivity contribution < 1.29 is 13.2 Å². The molecule has 10 nitrogen and oxygen atoms in total. The molecule has 4 heterocycles. The average Bonchev–Trinajstić information content (AvgIpc) is 3.01. The van der Waals surface area contributed by atoms with E-state index in [9.17, 15) is 18.0 Å². The number of sulfonamides is 1. The van der Waals surface area contributed by atoms with Crippen LogP contribution >= 0.6 is 0 Å². The quantitative estimate of drug-likeness (QED) is 0.354. The number of pyridine rings is 1. The van der Waals surface area contributed by atoms with E-state index >= 15 is 0 Å². The Morgan fingerprint density at radius 2 is 1.58 bits per heavy atom. The van der Waals surface area contributed by atoms with E-state index in [1.807, 2.05) is 72.5 Å². The topological polar surface area (TPSA) is 118 Å². The Kier molecular flexibility index (Phi) is 8.02. The van der Waals surface area contributed by atoms with Crippen LogP contribution in [0.15, 0.2) is 71.7 Å². The first-order valence-electron chi connectivity index (χ1n) is 14.7. The molecule has 0 radical (unpaired) electrons. The molecule has 224 valence electrons. The lowest BCUT2D eigenvalue weighted by atomic mass is 9.99. The first-order chi connectivity index (χ1) is 20.7. The fraction of sp³-hybridized carbons (Fsp3) is 0.375. The highest BCUT2D eigenvalue weighted by molar-refractivity contribution is 7.88. The Bertz CT molecular complexity index is 1810. The number of hydrogen-bond acceptors (Lipinski definition) is 7. The normalized spacial score (nSPS) is 17.3. The molecule has 43 heavy (non-hydrogen) atoms. The maximum absolute atomic E-state index is 14.1. The zero-order valence-corrected chi connectivity index (χ0v) is 25.3. The van der Waals surface area contributed by atoms with Crippen LogP contribution in [0.1, 0.15) is 47.6 Å². The van der Waals surface area contributed by atoms with Crippen LogP contribution in [-0.4, -0.2) is 76.5 Å². The fourth-order valence-electron chi connectivity index (χ4n) is 6.20. The standard InChI is InChI=1S/C32H36N6O4S/c1-22-8-6-7-11-27(22)28-20-24-21-33-32(34-25-12-16-36(17-13-25)30(39)23-9-4-3-5-10-23)35-29(24)38(31(28)40)26-14-18-37(19-15-26)43(2,41)42/h3-11,20-21,25-26H,12-19H2,1-2H3,(H,33,34,35). The van der Waals surface area contributed by atoms with E-state index in [1.165, 1.54) is 10.6 Å². The second-order valence-electron chi connectivity index (χ2n) is 11.5. The number of benzene rings is 2. The van der Waals surface area contributed by atoms with E-state index in [-0.39, 0.29) is 23.6 Å². The van der Waals surface area contributed by atoms with E-state index in [0.717, 1.165) is 29.4 Å². The van der Waals surface area contributed by atoms with Crippen LogP contribution in [0.3, 0.4) is 0 Å². The maximum Gasteiger partial charge on any atom is 0.260 e. The number of nitrogens with one attached hydrogen (secondary N) is 1. The van der Waals surface area contributed by atoms with Gasteiger partial charge in [-0.15, -0.1) is 0 Å². The van der Waals surface area contributed by atoms with Crippen molar-refractivity contribution in [3.05, 3.63) is 88.3 Å². The molecule has 1 amide bonds.